The van der Waals surface area contributed by atoms with E-state index in [1.807, 2.05) is 6.92 Å². The largest absolute Gasteiger partial charge is 0.462 e. The zero-order valence-corrected chi connectivity index (χ0v) is 12.0. The van der Waals surface area contributed by atoms with Crippen LogP contribution in [-0.2, 0) is 4.74 Å². The number of carbonyl (C=O) groups is 2. The molecule has 2 aromatic carbocycles. The van der Waals surface area contributed by atoms with Crippen molar-refractivity contribution in [1.29, 1.82) is 0 Å². The molecule has 5 heteroatoms. The molecule has 0 saturated heterocycles. The highest BCUT2D eigenvalue weighted by Crippen LogP contribution is 2.16. The second kappa shape index (κ2) is 7.36. The lowest BCUT2D eigenvalue weighted by Gasteiger charge is -2.06. The summed E-state index contributed by atoms with van der Waals surface area (Å²) in [5.41, 5.74) is 0.216. The highest BCUT2D eigenvalue weighted by Gasteiger charge is 2.14. The van der Waals surface area contributed by atoms with E-state index in [0.717, 1.165) is 6.42 Å². The van der Waals surface area contributed by atoms with Crippen molar-refractivity contribution in [3.8, 4) is 5.75 Å². The van der Waals surface area contributed by atoms with E-state index in [-0.39, 0.29) is 11.3 Å². The molecular weight excluding hydrogens is 287 g/mol. The lowest BCUT2D eigenvalue weighted by molar-refractivity contribution is 0.0505. The quantitative estimate of drug-likeness (QED) is 0.625. The Bertz CT molecular complexity index is 665. The molecule has 2 rings (SSSR count). The molecule has 0 spiro atoms. The zero-order chi connectivity index (χ0) is 15.9. The summed E-state index contributed by atoms with van der Waals surface area (Å²) in [6, 6.07) is 11.5. The third-order valence-electron chi connectivity index (χ3n) is 2.83. The van der Waals surface area contributed by atoms with Crippen LogP contribution in [0, 0.1) is 5.82 Å². The Morgan fingerprint density at radius 2 is 1.68 bits per heavy atom. The Morgan fingerprint density at radius 3 is 2.32 bits per heavy atom. The zero-order valence-electron chi connectivity index (χ0n) is 12.0. The molecule has 0 radical (unpaired) electrons. The van der Waals surface area contributed by atoms with E-state index in [0.29, 0.717) is 12.2 Å². The maximum absolute atomic E-state index is 13.5. The van der Waals surface area contributed by atoms with Crippen LogP contribution in [0.25, 0.3) is 0 Å². The molecule has 0 fully saturated rings. The number of halogens is 1. The van der Waals surface area contributed by atoms with E-state index < -0.39 is 17.8 Å². The molecule has 114 valence electrons. The third kappa shape index (κ3) is 3.91. The van der Waals surface area contributed by atoms with E-state index >= 15 is 0 Å². The van der Waals surface area contributed by atoms with Crippen molar-refractivity contribution in [2.24, 2.45) is 0 Å². The van der Waals surface area contributed by atoms with Crippen LogP contribution in [0.3, 0.4) is 0 Å². The van der Waals surface area contributed by atoms with Crippen molar-refractivity contribution in [3.63, 3.8) is 0 Å². The maximum atomic E-state index is 13.5. The van der Waals surface area contributed by atoms with Crippen molar-refractivity contribution in [1.82, 2.24) is 0 Å². The molecule has 22 heavy (non-hydrogen) atoms. The van der Waals surface area contributed by atoms with Crippen LogP contribution in [0.1, 0.15) is 34.1 Å². The number of carbonyl (C=O) groups excluding carboxylic acids is 2. The molecule has 0 aliphatic heterocycles. The van der Waals surface area contributed by atoms with Gasteiger partial charge in [-0.05, 0) is 42.8 Å². The lowest BCUT2D eigenvalue weighted by Crippen LogP contribution is -2.11. The summed E-state index contributed by atoms with van der Waals surface area (Å²) in [6.07, 6.45) is 0.740. The summed E-state index contributed by atoms with van der Waals surface area (Å²) in [5.74, 6) is -1.65. The monoisotopic (exact) mass is 302 g/mol. The minimum atomic E-state index is -0.792. The van der Waals surface area contributed by atoms with Crippen molar-refractivity contribution < 1.29 is 23.5 Å². The van der Waals surface area contributed by atoms with Crippen LogP contribution in [-0.4, -0.2) is 18.5 Å². The van der Waals surface area contributed by atoms with Gasteiger partial charge in [0.05, 0.1) is 17.7 Å². The van der Waals surface area contributed by atoms with E-state index in [1.165, 1.54) is 42.5 Å². The van der Waals surface area contributed by atoms with Gasteiger partial charge in [-0.2, -0.15) is 0 Å². The number of rotatable bonds is 5. The molecule has 0 aromatic heterocycles. The summed E-state index contributed by atoms with van der Waals surface area (Å²) in [4.78, 5) is 23.5. The first-order valence-electron chi connectivity index (χ1n) is 6.85. The van der Waals surface area contributed by atoms with Crippen LogP contribution in [0.5, 0.6) is 5.75 Å². The average Bonchev–Trinajstić information content (AvgIpc) is 2.53. The van der Waals surface area contributed by atoms with E-state index in [9.17, 15) is 14.0 Å². The number of ether oxygens (including phenoxy) is 2. The van der Waals surface area contributed by atoms with Crippen molar-refractivity contribution in [2.75, 3.05) is 6.61 Å². The molecule has 0 saturated carbocycles. The first kappa shape index (κ1) is 15.7. The summed E-state index contributed by atoms with van der Waals surface area (Å²) >= 11 is 0. The minimum absolute atomic E-state index is 0.145. The van der Waals surface area contributed by atoms with Crippen LogP contribution in [0.2, 0.25) is 0 Å². The topological polar surface area (TPSA) is 52.6 Å². The molecular formula is C17H15FO4. The fourth-order valence-electron chi connectivity index (χ4n) is 1.73. The van der Waals surface area contributed by atoms with Gasteiger partial charge in [0.15, 0.2) is 0 Å². The lowest BCUT2D eigenvalue weighted by atomic mass is 10.2. The summed E-state index contributed by atoms with van der Waals surface area (Å²) in [5, 5.41) is 0. The Kier molecular flexibility index (Phi) is 5.25. The highest BCUT2D eigenvalue weighted by atomic mass is 19.1. The molecule has 4 nitrogen and oxygen atoms in total. The van der Waals surface area contributed by atoms with Crippen LogP contribution < -0.4 is 4.74 Å². The smallest absolute Gasteiger partial charge is 0.346 e. The van der Waals surface area contributed by atoms with E-state index in [4.69, 9.17) is 9.47 Å². The molecule has 0 aliphatic rings. The van der Waals surface area contributed by atoms with Gasteiger partial charge in [0.25, 0.3) is 0 Å². The molecule has 0 atom stereocenters. The summed E-state index contributed by atoms with van der Waals surface area (Å²) in [6.45, 7) is 2.25. The Hall–Kier alpha value is -2.69. The van der Waals surface area contributed by atoms with Crippen molar-refractivity contribution in [2.45, 2.75) is 13.3 Å². The molecule has 2 aromatic rings. The van der Waals surface area contributed by atoms with Gasteiger partial charge in [-0.3, -0.25) is 0 Å². The normalized spacial score (nSPS) is 10.1. The SMILES string of the molecule is CCCOC(=O)c1ccc(OC(=O)c2ccccc2F)cc1. The van der Waals surface area contributed by atoms with Crippen LogP contribution >= 0.6 is 0 Å². The van der Waals surface area contributed by atoms with Gasteiger partial charge in [0.1, 0.15) is 11.6 Å². The van der Waals surface area contributed by atoms with Gasteiger partial charge >= 0.3 is 11.9 Å². The summed E-state index contributed by atoms with van der Waals surface area (Å²) < 4.78 is 23.5. The maximum Gasteiger partial charge on any atom is 0.346 e. The van der Waals surface area contributed by atoms with Crippen molar-refractivity contribution >= 4 is 11.9 Å². The van der Waals surface area contributed by atoms with Gasteiger partial charge in [0.2, 0.25) is 0 Å². The molecule has 0 N–H and O–H groups in total. The fourth-order valence-corrected chi connectivity index (χ4v) is 1.73. The van der Waals surface area contributed by atoms with Gasteiger partial charge in [-0.1, -0.05) is 19.1 Å². The molecule has 0 unspecified atom stereocenters. The van der Waals surface area contributed by atoms with Gasteiger partial charge in [-0.25, -0.2) is 14.0 Å². The Morgan fingerprint density at radius 1 is 1.00 bits per heavy atom. The minimum Gasteiger partial charge on any atom is -0.462 e. The first-order valence-corrected chi connectivity index (χ1v) is 6.85. The third-order valence-corrected chi connectivity index (χ3v) is 2.83. The van der Waals surface area contributed by atoms with Crippen molar-refractivity contribution in [3.05, 3.63) is 65.5 Å². The van der Waals surface area contributed by atoms with E-state index in [1.54, 1.807) is 6.07 Å². The predicted octanol–water partition coefficient (Wildman–Crippen LogP) is 3.61. The number of esters is 2. The standard InChI is InChI=1S/C17H15FO4/c1-2-11-21-16(19)12-7-9-13(10-8-12)22-17(20)14-5-3-4-6-15(14)18/h3-10H,2,11H2,1H3. The van der Waals surface area contributed by atoms with Crippen LogP contribution in [0.15, 0.2) is 48.5 Å². The molecule has 0 bridgehead atoms. The van der Waals surface area contributed by atoms with Gasteiger partial charge in [-0.15, -0.1) is 0 Å². The predicted molar refractivity (Wildman–Crippen MR) is 78.4 cm³/mol. The second-order valence-electron chi connectivity index (χ2n) is 4.53. The Labute approximate surface area is 127 Å². The summed E-state index contributed by atoms with van der Waals surface area (Å²) in [7, 11) is 0. The van der Waals surface area contributed by atoms with Gasteiger partial charge < -0.3 is 9.47 Å². The molecule has 0 amide bonds. The molecule has 0 aliphatic carbocycles. The fraction of sp³-hybridized carbons (Fsp3) is 0.176. The average molecular weight is 302 g/mol. The molecule has 0 heterocycles. The first-order chi connectivity index (χ1) is 10.6. The number of hydrogen-bond acceptors (Lipinski definition) is 4. The second-order valence-corrected chi connectivity index (χ2v) is 4.53. The Balaban J connectivity index is 2.04. The van der Waals surface area contributed by atoms with E-state index in [2.05, 4.69) is 0 Å². The van der Waals surface area contributed by atoms with Gasteiger partial charge in [0, 0.05) is 0 Å². The number of benzene rings is 2. The highest BCUT2D eigenvalue weighted by molar-refractivity contribution is 5.92. The van der Waals surface area contributed by atoms with Crippen LogP contribution in [0.4, 0.5) is 4.39 Å². The number of hydrogen-bond donors (Lipinski definition) is 0.